The summed E-state index contributed by atoms with van der Waals surface area (Å²) in [6.45, 7) is 0. The molecule has 11 heteroatoms. The van der Waals surface area contributed by atoms with E-state index in [0.717, 1.165) is 10.6 Å². The van der Waals surface area contributed by atoms with Gasteiger partial charge in [0.1, 0.15) is 5.15 Å². The number of carbonyl (C=O) groups is 1. The van der Waals surface area contributed by atoms with Crippen molar-refractivity contribution >= 4 is 56.2 Å². The third kappa shape index (κ3) is 4.55. The van der Waals surface area contributed by atoms with Gasteiger partial charge in [0.2, 0.25) is 10.0 Å². The first-order chi connectivity index (χ1) is 12.1. The normalized spacial score (nSPS) is 11.1. The fraction of sp³-hybridized carbons (Fsp3) is 0.200. The number of benzene rings is 1. The largest absolute Gasteiger partial charge is 0.353 e. The molecule has 1 aromatic carbocycles. The van der Waals surface area contributed by atoms with Gasteiger partial charge in [0, 0.05) is 13.2 Å². The predicted molar refractivity (Wildman–Crippen MR) is 102 cm³/mol. The van der Waals surface area contributed by atoms with E-state index < -0.39 is 15.9 Å². The fourth-order valence-corrected chi connectivity index (χ4v) is 3.15. The summed E-state index contributed by atoms with van der Waals surface area (Å²) in [5, 5.41) is 3.34. The van der Waals surface area contributed by atoms with Gasteiger partial charge in [0.25, 0.3) is 5.91 Å². The average Bonchev–Trinajstić information content (AvgIpc) is 2.54. The Morgan fingerprint density at radius 3 is 2.58 bits per heavy atom. The highest BCUT2D eigenvalue weighted by molar-refractivity contribution is 7.92. The van der Waals surface area contributed by atoms with Gasteiger partial charge in [-0.1, -0.05) is 29.3 Å². The SMILES string of the molecule is CONC(=O)c1cnc(Cl)cc1Nc1cccc(Cl)c1N(C)S(C)(=O)=O. The van der Waals surface area contributed by atoms with E-state index in [1.54, 1.807) is 18.2 Å². The van der Waals surface area contributed by atoms with Crippen molar-refractivity contribution in [1.29, 1.82) is 0 Å². The van der Waals surface area contributed by atoms with Crippen LogP contribution < -0.4 is 15.1 Å². The molecule has 1 heterocycles. The predicted octanol–water partition coefficient (Wildman–Crippen LogP) is 2.82. The van der Waals surface area contributed by atoms with Gasteiger partial charge in [-0.15, -0.1) is 0 Å². The molecule has 0 atom stereocenters. The van der Waals surface area contributed by atoms with Gasteiger partial charge in [-0.05, 0) is 18.2 Å². The second-order valence-electron chi connectivity index (χ2n) is 5.18. The Hall–Kier alpha value is -2.07. The Labute approximate surface area is 161 Å². The van der Waals surface area contributed by atoms with Crippen LogP contribution in [0.3, 0.4) is 0 Å². The minimum absolute atomic E-state index is 0.140. The smallest absolute Gasteiger partial charge is 0.278 e. The molecule has 2 aromatic rings. The summed E-state index contributed by atoms with van der Waals surface area (Å²) in [6.07, 6.45) is 2.32. The van der Waals surface area contributed by atoms with Crippen molar-refractivity contribution in [2.24, 2.45) is 0 Å². The van der Waals surface area contributed by atoms with Gasteiger partial charge < -0.3 is 5.32 Å². The number of hydrogen-bond acceptors (Lipinski definition) is 6. The van der Waals surface area contributed by atoms with Crippen LogP contribution >= 0.6 is 23.2 Å². The number of aromatic nitrogens is 1. The first-order valence-corrected chi connectivity index (χ1v) is 9.74. The summed E-state index contributed by atoms with van der Waals surface area (Å²) in [6, 6.07) is 6.25. The van der Waals surface area contributed by atoms with E-state index >= 15 is 0 Å². The van der Waals surface area contributed by atoms with E-state index in [-0.39, 0.29) is 21.4 Å². The summed E-state index contributed by atoms with van der Waals surface area (Å²) in [7, 11) is -0.894. The van der Waals surface area contributed by atoms with Crippen molar-refractivity contribution in [3.63, 3.8) is 0 Å². The summed E-state index contributed by atoms with van der Waals surface area (Å²) in [4.78, 5) is 20.6. The molecular weight excluding hydrogens is 403 g/mol. The van der Waals surface area contributed by atoms with Crippen molar-refractivity contribution in [2.75, 3.05) is 30.0 Å². The highest BCUT2D eigenvalue weighted by Gasteiger charge is 2.21. The number of rotatable bonds is 6. The third-order valence-electron chi connectivity index (χ3n) is 3.38. The minimum atomic E-state index is -3.57. The second-order valence-corrected chi connectivity index (χ2v) is 7.99. The summed E-state index contributed by atoms with van der Waals surface area (Å²) in [5.74, 6) is -0.556. The molecular formula is C15H16Cl2N4O4S. The van der Waals surface area contributed by atoms with Crippen LogP contribution in [0.2, 0.25) is 10.2 Å². The monoisotopic (exact) mass is 418 g/mol. The number of hydroxylamine groups is 1. The molecule has 140 valence electrons. The maximum absolute atomic E-state index is 12.1. The molecule has 2 rings (SSSR count). The molecule has 8 nitrogen and oxygen atoms in total. The number of nitrogens with one attached hydrogen (secondary N) is 2. The lowest BCUT2D eigenvalue weighted by Gasteiger charge is -2.22. The molecule has 1 aromatic heterocycles. The summed E-state index contributed by atoms with van der Waals surface area (Å²) < 4.78 is 24.9. The minimum Gasteiger partial charge on any atom is -0.353 e. The van der Waals surface area contributed by atoms with E-state index in [0.29, 0.717) is 11.4 Å². The van der Waals surface area contributed by atoms with Gasteiger partial charge in [-0.2, -0.15) is 0 Å². The number of nitrogens with zero attached hydrogens (tertiary/aromatic N) is 2. The van der Waals surface area contributed by atoms with Crippen molar-refractivity contribution in [1.82, 2.24) is 10.5 Å². The quantitative estimate of drug-likeness (QED) is 0.552. The highest BCUT2D eigenvalue weighted by atomic mass is 35.5. The zero-order valence-electron chi connectivity index (χ0n) is 14.1. The molecule has 2 N–H and O–H groups in total. The molecule has 0 aliphatic rings. The molecule has 0 unspecified atom stereocenters. The Balaban J connectivity index is 2.55. The van der Waals surface area contributed by atoms with Crippen molar-refractivity contribution in [3.8, 4) is 0 Å². The number of halogens is 2. The fourth-order valence-electron chi connectivity index (χ4n) is 2.11. The molecule has 1 amide bonds. The van der Waals surface area contributed by atoms with Crippen LogP contribution in [-0.2, 0) is 14.9 Å². The Bertz CT molecular complexity index is 937. The van der Waals surface area contributed by atoms with Crippen molar-refractivity contribution < 1.29 is 18.0 Å². The number of amides is 1. The molecule has 0 radical (unpaired) electrons. The molecule has 0 bridgehead atoms. The van der Waals surface area contributed by atoms with E-state index in [1.807, 2.05) is 0 Å². The Kier molecular flexibility index (Phi) is 6.30. The lowest BCUT2D eigenvalue weighted by molar-refractivity contribution is 0.0538. The maximum atomic E-state index is 12.1. The number of anilines is 3. The van der Waals surface area contributed by atoms with E-state index in [1.165, 1.54) is 26.4 Å². The lowest BCUT2D eigenvalue weighted by Crippen LogP contribution is -2.26. The van der Waals surface area contributed by atoms with Crippen LogP contribution in [0.1, 0.15) is 10.4 Å². The number of para-hydroxylation sites is 1. The standard InChI is InChI=1S/C15H16Cl2N4O4S/c1-21(26(3,23)24)14-10(16)5-4-6-11(14)19-12-7-13(17)18-8-9(12)15(22)20-25-2/h4-8H,1-3H3,(H,18,19)(H,20,22). The molecule has 0 saturated heterocycles. The topological polar surface area (TPSA) is 101 Å². The summed E-state index contributed by atoms with van der Waals surface area (Å²) in [5.41, 5.74) is 3.21. The van der Waals surface area contributed by atoms with Crippen LogP contribution in [0.25, 0.3) is 0 Å². The number of pyridine rings is 1. The van der Waals surface area contributed by atoms with Crippen molar-refractivity contribution in [2.45, 2.75) is 0 Å². The molecule has 0 aliphatic carbocycles. The molecule has 26 heavy (non-hydrogen) atoms. The van der Waals surface area contributed by atoms with Gasteiger partial charge in [0.15, 0.2) is 0 Å². The zero-order chi connectivity index (χ0) is 19.5. The van der Waals surface area contributed by atoms with Crippen molar-refractivity contribution in [3.05, 3.63) is 46.2 Å². The second kappa shape index (κ2) is 8.09. The number of carbonyl (C=O) groups excluding carboxylic acids is 1. The molecule has 0 aliphatic heterocycles. The Morgan fingerprint density at radius 1 is 1.27 bits per heavy atom. The first-order valence-electron chi connectivity index (χ1n) is 7.13. The average molecular weight is 419 g/mol. The van der Waals surface area contributed by atoms with Gasteiger partial charge in [0.05, 0.1) is 41.0 Å². The summed E-state index contributed by atoms with van der Waals surface area (Å²) >= 11 is 12.1. The number of hydrogen-bond donors (Lipinski definition) is 2. The highest BCUT2D eigenvalue weighted by Crippen LogP contribution is 2.37. The first kappa shape index (κ1) is 20.2. The van der Waals surface area contributed by atoms with Gasteiger partial charge >= 0.3 is 0 Å². The van der Waals surface area contributed by atoms with E-state index in [9.17, 15) is 13.2 Å². The zero-order valence-corrected chi connectivity index (χ0v) is 16.4. The van der Waals surface area contributed by atoms with Gasteiger partial charge in [-0.3, -0.25) is 13.9 Å². The number of sulfonamides is 1. The van der Waals surface area contributed by atoms with Crippen LogP contribution in [0, 0.1) is 0 Å². The Morgan fingerprint density at radius 2 is 1.96 bits per heavy atom. The van der Waals surface area contributed by atoms with Crippen LogP contribution in [-0.4, -0.2) is 39.7 Å². The molecule has 0 fully saturated rings. The van der Waals surface area contributed by atoms with E-state index in [2.05, 4.69) is 20.6 Å². The van der Waals surface area contributed by atoms with Crippen LogP contribution in [0.15, 0.2) is 30.5 Å². The van der Waals surface area contributed by atoms with Crippen LogP contribution in [0.5, 0.6) is 0 Å². The maximum Gasteiger partial charge on any atom is 0.278 e. The lowest BCUT2D eigenvalue weighted by atomic mass is 10.2. The van der Waals surface area contributed by atoms with E-state index in [4.69, 9.17) is 23.2 Å². The van der Waals surface area contributed by atoms with Crippen LogP contribution in [0.4, 0.5) is 17.1 Å². The molecule has 0 saturated carbocycles. The molecule has 0 spiro atoms. The third-order valence-corrected chi connectivity index (χ3v) is 5.07. The van der Waals surface area contributed by atoms with Gasteiger partial charge in [-0.25, -0.2) is 18.9 Å².